The van der Waals surface area contributed by atoms with Gasteiger partial charge in [-0.15, -0.1) is 11.3 Å². The molecule has 2 aromatic rings. The quantitative estimate of drug-likeness (QED) is 0.795. The molecule has 0 radical (unpaired) electrons. The monoisotopic (exact) mass is 254 g/mol. The fourth-order valence-electron chi connectivity index (χ4n) is 1.59. The van der Waals surface area contributed by atoms with E-state index in [0.717, 1.165) is 16.4 Å². The van der Waals surface area contributed by atoms with Crippen LogP contribution in [0.3, 0.4) is 0 Å². The predicted molar refractivity (Wildman–Crippen MR) is 68.3 cm³/mol. The molecule has 0 fully saturated rings. The van der Waals surface area contributed by atoms with Crippen LogP contribution < -0.4 is 0 Å². The summed E-state index contributed by atoms with van der Waals surface area (Å²) < 4.78 is 2.68. The van der Waals surface area contributed by atoms with Gasteiger partial charge in [-0.3, -0.25) is 9.67 Å². The molecule has 86 valence electrons. The molecule has 1 N–H and O–H groups in total. The van der Waals surface area contributed by atoms with E-state index in [0.29, 0.717) is 4.77 Å². The van der Waals surface area contributed by atoms with Gasteiger partial charge in [0.25, 0.3) is 0 Å². The molecular formula is C10H14N4S2. The molecule has 0 bridgehead atoms. The second-order valence-electron chi connectivity index (χ2n) is 4.63. The van der Waals surface area contributed by atoms with Crippen molar-refractivity contribution in [1.82, 2.24) is 19.7 Å². The molecule has 2 aromatic heterocycles. The third-order valence-corrected chi connectivity index (χ3v) is 3.49. The summed E-state index contributed by atoms with van der Waals surface area (Å²) in [4.78, 5) is 5.31. The minimum absolute atomic E-state index is 0.0875. The summed E-state index contributed by atoms with van der Waals surface area (Å²) >= 11 is 6.85. The Hall–Kier alpha value is -1.01. The molecule has 4 nitrogen and oxygen atoms in total. The summed E-state index contributed by atoms with van der Waals surface area (Å²) in [6.45, 7) is 8.31. The van der Waals surface area contributed by atoms with Gasteiger partial charge in [0.05, 0.1) is 16.1 Å². The molecule has 2 rings (SSSR count). The van der Waals surface area contributed by atoms with Crippen molar-refractivity contribution in [2.45, 2.75) is 33.2 Å². The van der Waals surface area contributed by atoms with Crippen LogP contribution in [0.2, 0.25) is 0 Å². The summed E-state index contributed by atoms with van der Waals surface area (Å²) in [5.41, 5.74) is 2.73. The van der Waals surface area contributed by atoms with Gasteiger partial charge in [0.2, 0.25) is 0 Å². The maximum Gasteiger partial charge on any atom is 0.195 e. The summed E-state index contributed by atoms with van der Waals surface area (Å²) in [5.74, 6) is 0.873. The number of aromatic amines is 1. The number of aromatic nitrogens is 4. The minimum Gasteiger partial charge on any atom is -0.294 e. The van der Waals surface area contributed by atoms with E-state index in [2.05, 4.69) is 36.0 Å². The fraction of sp³-hybridized carbons (Fsp3) is 0.500. The van der Waals surface area contributed by atoms with Crippen LogP contribution in [0, 0.1) is 11.7 Å². The van der Waals surface area contributed by atoms with Crippen molar-refractivity contribution in [2.24, 2.45) is 0 Å². The molecule has 0 saturated carbocycles. The average Bonchev–Trinajstić information content (AvgIpc) is 2.69. The van der Waals surface area contributed by atoms with Gasteiger partial charge in [0.1, 0.15) is 0 Å². The van der Waals surface area contributed by atoms with Gasteiger partial charge in [-0.2, -0.15) is 5.10 Å². The largest absolute Gasteiger partial charge is 0.294 e. The van der Waals surface area contributed by atoms with Crippen LogP contribution >= 0.6 is 23.6 Å². The highest BCUT2D eigenvalue weighted by molar-refractivity contribution is 7.71. The van der Waals surface area contributed by atoms with E-state index in [1.54, 1.807) is 11.3 Å². The van der Waals surface area contributed by atoms with E-state index in [1.807, 2.05) is 17.0 Å². The van der Waals surface area contributed by atoms with Crippen LogP contribution in [0.1, 0.15) is 26.5 Å². The van der Waals surface area contributed by atoms with Crippen molar-refractivity contribution in [3.8, 4) is 10.7 Å². The van der Waals surface area contributed by atoms with E-state index >= 15 is 0 Å². The van der Waals surface area contributed by atoms with Crippen molar-refractivity contribution in [1.29, 1.82) is 0 Å². The van der Waals surface area contributed by atoms with E-state index in [4.69, 9.17) is 12.2 Å². The lowest BCUT2D eigenvalue weighted by molar-refractivity contribution is 0.395. The topological polar surface area (TPSA) is 46.5 Å². The third-order valence-electron chi connectivity index (χ3n) is 2.29. The second kappa shape index (κ2) is 3.78. The zero-order chi connectivity index (χ0) is 11.9. The van der Waals surface area contributed by atoms with Crippen LogP contribution in [-0.4, -0.2) is 19.7 Å². The van der Waals surface area contributed by atoms with Crippen molar-refractivity contribution in [3.63, 3.8) is 0 Å². The molecule has 0 aliphatic carbocycles. The number of H-pyrrole nitrogens is 1. The lowest BCUT2D eigenvalue weighted by Crippen LogP contribution is -2.22. The first-order valence-corrected chi connectivity index (χ1v) is 6.28. The van der Waals surface area contributed by atoms with Gasteiger partial charge >= 0.3 is 0 Å². The standard InChI is InChI=1S/C10H14N4S2/c1-6-7(16-5-11-6)8-12-13-9(15)14(8)10(2,3)4/h5H,1-4H3,(H,13,15). The van der Waals surface area contributed by atoms with Gasteiger partial charge in [-0.25, -0.2) is 4.98 Å². The minimum atomic E-state index is -0.0875. The summed E-state index contributed by atoms with van der Waals surface area (Å²) in [6, 6.07) is 0. The number of nitrogens with zero attached hydrogens (tertiary/aromatic N) is 3. The number of hydrogen-bond acceptors (Lipinski definition) is 4. The molecule has 0 saturated heterocycles. The Morgan fingerprint density at radius 1 is 1.44 bits per heavy atom. The van der Waals surface area contributed by atoms with Crippen molar-refractivity contribution in [3.05, 3.63) is 16.0 Å². The predicted octanol–water partition coefficient (Wildman–Crippen LogP) is 3.13. The summed E-state index contributed by atoms with van der Waals surface area (Å²) in [6.07, 6.45) is 0. The second-order valence-corrected chi connectivity index (χ2v) is 5.87. The van der Waals surface area contributed by atoms with E-state index < -0.39 is 0 Å². The molecule has 0 aliphatic heterocycles. The number of aryl methyl sites for hydroxylation is 1. The molecule has 0 atom stereocenters. The number of hydrogen-bond donors (Lipinski definition) is 1. The molecule has 0 aromatic carbocycles. The average molecular weight is 254 g/mol. The first-order chi connectivity index (χ1) is 7.41. The Kier molecular flexibility index (Phi) is 2.71. The number of thiazole rings is 1. The molecule has 0 unspecified atom stereocenters. The maximum atomic E-state index is 5.27. The van der Waals surface area contributed by atoms with Gasteiger partial charge in [0, 0.05) is 5.54 Å². The summed E-state index contributed by atoms with van der Waals surface area (Å²) in [5, 5.41) is 7.16. The molecule has 2 heterocycles. The summed E-state index contributed by atoms with van der Waals surface area (Å²) in [7, 11) is 0. The molecular weight excluding hydrogens is 240 g/mol. The Morgan fingerprint density at radius 3 is 2.62 bits per heavy atom. The SMILES string of the molecule is Cc1ncsc1-c1n[nH]c(=S)n1C(C)(C)C. The van der Waals surface area contributed by atoms with Gasteiger partial charge in [0.15, 0.2) is 10.6 Å². The lowest BCUT2D eigenvalue weighted by atomic mass is 10.1. The Morgan fingerprint density at radius 2 is 2.12 bits per heavy atom. The fourth-order valence-corrected chi connectivity index (χ4v) is 2.78. The third kappa shape index (κ3) is 1.82. The van der Waals surface area contributed by atoms with Gasteiger partial charge in [-0.05, 0) is 39.9 Å². The number of nitrogens with one attached hydrogen (secondary N) is 1. The zero-order valence-electron chi connectivity index (χ0n) is 9.74. The number of rotatable bonds is 1. The Labute approximate surface area is 103 Å². The van der Waals surface area contributed by atoms with Crippen LogP contribution in [0.25, 0.3) is 10.7 Å². The Balaban J connectivity index is 2.69. The highest BCUT2D eigenvalue weighted by atomic mass is 32.1. The van der Waals surface area contributed by atoms with Crippen molar-refractivity contribution in [2.75, 3.05) is 0 Å². The van der Waals surface area contributed by atoms with E-state index in [1.165, 1.54) is 0 Å². The van der Waals surface area contributed by atoms with Crippen molar-refractivity contribution >= 4 is 23.6 Å². The van der Waals surface area contributed by atoms with E-state index in [-0.39, 0.29) is 5.54 Å². The van der Waals surface area contributed by atoms with Crippen molar-refractivity contribution < 1.29 is 0 Å². The highest BCUT2D eigenvalue weighted by Gasteiger charge is 2.22. The van der Waals surface area contributed by atoms with E-state index in [9.17, 15) is 0 Å². The first-order valence-electron chi connectivity index (χ1n) is 4.99. The van der Waals surface area contributed by atoms with Crippen LogP contribution in [0.15, 0.2) is 5.51 Å². The molecule has 0 amide bonds. The molecule has 6 heteroatoms. The molecule has 0 spiro atoms. The molecule has 0 aliphatic rings. The highest BCUT2D eigenvalue weighted by Crippen LogP contribution is 2.29. The maximum absolute atomic E-state index is 5.27. The molecule has 16 heavy (non-hydrogen) atoms. The first kappa shape index (κ1) is 11.5. The lowest BCUT2D eigenvalue weighted by Gasteiger charge is -2.22. The smallest absolute Gasteiger partial charge is 0.195 e. The van der Waals surface area contributed by atoms with Crippen LogP contribution in [-0.2, 0) is 5.54 Å². The van der Waals surface area contributed by atoms with Crippen LogP contribution in [0.4, 0.5) is 0 Å². The van der Waals surface area contributed by atoms with Gasteiger partial charge in [-0.1, -0.05) is 0 Å². The van der Waals surface area contributed by atoms with Gasteiger partial charge < -0.3 is 0 Å². The normalized spacial score (nSPS) is 12.0. The zero-order valence-corrected chi connectivity index (χ0v) is 11.4. The van der Waals surface area contributed by atoms with Crippen LogP contribution in [0.5, 0.6) is 0 Å². The Bertz CT molecular complexity index is 556.